The van der Waals surface area contributed by atoms with E-state index in [1.54, 1.807) is 12.1 Å². The number of amides is 2. The summed E-state index contributed by atoms with van der Waals surface area (Å²) >= 11 is 0. The second-order valence-electron chi connectivity index (χ2n) is 7.90. The van der Waals surface area contributed by atoms with E-state index in [9.17, 15) is 9.59 Å². The van der Waals surface area contributed by atoms with Crippen molar-refractivity contribution in [2.45, 2.75) is 52.4 Å². The summed E-state index contributed by atoms with van der Waals surface area (Å²) in [7, 11) is 0. The van der Waals surface area contributed by atoms with Gasteiger partial charge in [0.1, 0.15) is 0 Å². The van der Waals surface area contributed by atoms with Crippen molar-refractivity contribution in [2.24, 2.45) is 5.92 Å². The van der Waals surface area contributed by atoms with Crippen LogP contribution >= 0.6 is 0 Å². The molecule has 2 heterocycles. The molecule has 0 bridgehead atoms. The predicted octanol–water partition coefficient (Wildman–Crippen LogP) is 3.74. The Morgan fingerprint density at radius 3 is 2.31 bits per heavy atom. The van der Waals surface area contributed by atoms with Gasteiger partial charge in [0.15, 0.2) is 11.5 Å². The van der Waals surface area contributed by atoms with Gasteiger partial charge in [-0.05, 0) is 63.6 Å². The zero-order valence-corrected chi connectivity index (χ0v) is 17.8. The van der Waals surface area contributed by atoms with Gasteiger partial charge in [-0.15, -0.1) is 0 Å². The summed E-state index contributed by atoms with van der Waals surface area (Å²) in [6.07, 6.45) is 5.86. The van der Waals surface area contributed by atoms with Crippen LogP contribution in [0, 0.1) is 5.92 Å². The second-order valence-corrected chi connectivity index (χ2v) is 7.90. The third kappa shape index (κ3) is 5.43. The number of carbonyl (C=O) groups is 2. The molecule has 1 aromatic rings. The summed E-state index contributed by atoms with van der Waals surface area (Å²) in [5.41, 5.74) is 0.609. The SMILES string of the molecule is CCCOc1ccc(C(=O)N2CCC(C(=O)N3CCCCC3)CC2)cc1OCC. The van der Waals surface area contributed by atoms with Gasteiger partial charge in [0.2, 0.25) is 5.91 Å². The number of nitrogens with zero attached hydrogens (tertiary/aromatic N) is 2. The van der Waals surface area contributed by atoms with Gasteiger partial charge >= 0.3 is 0 Å². The molecule has 0 N–H and O–H groups in total. The molecule has 0 unspecified atom stereocenters. The first-order valence-electron chi connectivity index (χ1n) is 11.1. The van der Waals surface area contributed by atoms with Crippen LogP contribution in [0.3, 0.4) is 0 Å². The Kier molecular flexibility index (Phi) is 7.78. The highest BCUT2D eigenvalue weighted by atomic mass is 16.5. The van der Waals surface area contributed by atoms with E-state index < -0.39 is 0 Å². The Bertz CT molecular complexity index is 692. The fourth-order valence-corrected chi connectivity index (χ4v) is 4.13. The van der Waals surface area contributed by atoms with Gasteiger partial charge in [0, 0.05) is 37.7 Å². The van der Waals surface area contributed by atoms with Gasteiger partial charge in [-0.2, -0.15) is 0 Å². The van der Waals surface area contributed by atoms with E-state index in [-0.39, 0.29) is 17.7 Å². The number of rotatable bonds is 7. The van der Waals surface area contributed by atoms with Crippen molar-refractivity contribution < 1.29 is 19.1 Å². The van der Waals surface area contributed by atoms with Crippen molar-refractivity contribution in [1.29, 1.82) is 0 Å². The molecule has 0 aliphatic carbocycles. The summed E-state index contributed by atoms with van der Waals surface area (Å²) in [5.74, 6) is 1.63. The average Bonchev–Trinajstić information content (AvgIpc) is 2.78. The van der Waals surface area contributed by atoms with Gasteiger partial charge in [-0.25, -0.2) is 0 Å². The van der Waals surface area contributed by atoms with Crippen LogP contribution in [0.15, 0.2) is 18.2 Å². The molecule has 0 atom stereocenters. The van der Waals surface area contributed by atoms with E-state index >= 15 is 0 Å². The first kappa shape index (κ1) is 21.5. The molecule has 2 aliphatic heterocycles. The molecule has 2 amide bonds. The molecule has 0 spiro atoms. The van der Waals surface area contributed by atoms with Gasteiger partial charge in [-0.3, -0.25) is 9.59 Å². The highest BCUT2D eigenvalue weighted by Crippen LogP contribution is 2.30. The maximum absolute atomic E-state index is 13.0. The molecule has 0 aromatic heterocycles. The molecule has 0 radical (unpaired) electrons. The van der Waals surface area contributed by atoms with Gasteiger partial charge in [0.25, 0.3) is 5.91 Å². The third-order valence-corrected chi connectivity index (χ3v) is 5.75. The fraction of sp³-hybridized carbons (Fsp3) is 0.652. The molecule has 2 saturated heterocycles. The van der Waals surface area contributed by atoms with Crippen LogP contribution in [-0.2, 0) is 4.79 Å². The quantitative estimate of drug-likeness (QED) is 0.697. The van der Waals surface area contributed by atoms with Crippen molar-refractivity contribution in [3.05, 3.63) is 23.8 Å². The lowest BCUT2D eigenvalue weighted by molar-refractivity contribution is -0.137. The summed E-state index contributed by atoms with van der Waals surface area (Å²) in [4.78, 5) is 29.6. The summed E-state index contributed by atoms with van der Waals surface area (Å²) < 4.78 is 11.4. The molecular weight excluding hydrogens is 368 g/mol. The number of likely N-dealkylation sites (tertiary alicyclic amines) is 2. The summed E-state index contributed by atoms with van der Waals surface area (Å²) in [5, 5.41) is 0. The van der Waals surface area contributed by atoms with Crippen molar-refractivity contribution in [3.8, 4) is 11.5 Å². The first-order chi connectivity index (χ1) is 14.1. The lowest BCUT2D eigenvalue weighted by atomic mass is 9.94. The number of hydrogen-bond donors (Lipinski definition) is 0. The molecular formula is C23H34N2O4. The van der Waals surface area contributed by atoms with Gasteiger partial charge in [-0.1, -0.05) is 6.92 Å². The lowest BCUT2D eigenvalue weighted by Gasteiger charge is -2.35. The highest BCUT2D eigenvalue weighted by molar-refractivity contribution is 5.95. The standard InChI is InChI=1S/C23H34N2O4/c1-3-16-29-20-9-8-19(17-21(20)28-4-2)23(27)25-14-10-18(11-15-25)22(26)24-12-6-5-7-13-24/h8-9,17-18H,3-7,10-16H2,1-2H3. The van der Waals surface area contributed by atoms with E-state index in [1.165, 1.54) is 6.42 Å². The molecule has 2 aliphatic rings. The van der Waals surface area contributed by atoms with E-state index in [2.05, 4.69) is 6.92 Å². The van der Waals surface area contributed by atoms with E-state index in [0.29, 0.717) is 43.4 Å². The second kappa shape index (κ2) is 10.5. The zero-order valence-electron chi connectivity index (χ0n) is 17.8. The van der Waals surface area contributed by atoms with E-state index in [4.69, 9.17) is 9.47 Å². The van der Waals surface area contributed by atoms with Crippen LogP contribution in [0.25, 0.3) is 0 Å². The van der Waals surface area contributed by atoms with Gasteiger partial charge < -0.3 is 19.3 Å². The van der Waals surface area contributed by atoms with Crippen LogP contribution in [0.2, 0.25) is 0 Å². The molecule has 160 valence electrons. The smallest absolute Gasteiger partial charge is 0.253 e. The van der Waals surface area contributed by atoms with Crippen LogP contribution in [-0.4, -0.2) is 61.0 Å². The zero-order chi connectivity index (χ0) is 20.6. The molecule has 0 saturated carbocycles. The Balaban J connectivity index is 1.59. The van der Waals surface area contributed by atoms with E-state index in [1.807, 2.05) is 22.8 Å². The minimum atomic E-state index is -0.00290. The molecule has 6 heteroatoms. The van der Waals surface area contributed by atoms with Crippen LogP contribution < -0.4 is 9.47 Å². The normalized spacial score (nSPS) is 17.9. The van der Waals surface area contributed by atoms with Crippen LogP contribution in [0.4, 0.5) is 0 Å². The maximum Gasteiger partial charge on any atom is 0.253 e. The van der Waals surface area contributed by atoms with Crippen LogP contribution in [0.5, 0.6) is 11.5 Å². The van der Waals surface area contributed by atoms with E-state index in [0.717, 1.165) is 45.2 Å². The third-order valence-electron chi connectivity index (χ3n) is 5.75. The minimum absolute atomic E-state index is 0.00290. The highest BCUT2D eigenvalue weighted by Gasteiger charge is 2.31. The Morgan fingerprint density at radius 2 is 1.66 bits per heavy atom. The van der Waals surface area contributed by atoms with Crippen LogP contribution in [0.1, 0.15) is 62.7 Å². The maximum atomic E-state index is 13.0. The van der Waals surface area contributed by atoms with Crippen molar-refractivity contribution in [3.63, 3.8) is 0 Å². The first-order valence-corrected chi connectivity index (χ1v) is 11.1. The molecule has 2 fully saturated rings. The van der Waals surface area contributed by atoms with Crippen molar-refractivity contribution >= 4 is 11.8 Å². The van der Waals surface area contributed by atoms with Crippen molar-refractivity contribution in [1.82, 2.24) is 9.80 Å². The minimum Gasteiger partial charge on any atom is -0.490 e. The number of piperidine rings is 2. The Hall–Kier alpha value is -2.24. The van der Waals surface area contributed by atoms with Gasteiger partial charge in [0.05, 0.1) is 13.2 Å². The number of hydrogen-bond acceptors (Lipinski definition) is 4. The van der Waals surface area contributed by atoms with Crippen molar-refractivity contribution in [2.75, 3.05) is 39.4 Å². The largest absolute Gasteiger partial charge is 0.490 e. The molecule has 29 heavy (non-hydrogen) atoms. The number of benzene rings is 1. The summed E-state index contributed by atoms with van der Waals surface area (Å²) in [6.45, 7) is 8.15. The number of ether oxygens (including phenoxy) is 2. The molecule has 1 aromatic carbocycles. The number of carbonyl (C=O) groups excluding carboxylic acids is 2. The topological polar surface area (TPSA) is 59.1 Å². The molecule has 6 nitrogen and oxygen atoms in total. The predicted molar refractivity (Wildman–Crippen MR) is 112 cm³/mol. The Labute approximate surface area is 174 Å². The Morgan fingerprint density at radius 1 is 0.931 bits per heavy atom. The fourth-order valence-electron chi connectivity index (χ4n) is 4.13. The molecule has 3 rings (SSSR count). The summed E-state index contributed by atoms with van der Waals surface area (Å²) in [6, 6.07) is 5.41. The average molecular weight is 403 g/mol. The monoisotopic (exact) mass is 402 g/mol. The lowest BCUT2D eigenvalue weighted by Crippen LogP contribution is -2.45.